The molecule has 4 nitrogen and oxygen atoms in total. The van der Waals surface area contributed by atoms with E-state index in [0.29, 0.717) is 11.7 Å². The summed E-state index contributed by atoms with van der Waals surface area (Å²) in [5.74, 6) is 1.10. The number of nitrogens with zero attached hydrogens (tertiary/aromatic N) is 3. The van der Waals surface area contributed by atoms with Crippen molar-refractivity contribution in [2.75, 3.05) is 5.43 Å². The molecule has 2 rings (SSSR count). The lowest BCUT2D eigenvalue weighted by atomic mass is 10.2. The highest BCUT2D eigenvalue weighted by Gasteiger charge is 2.00. The second-order valence-corrected chi connectivity index (χ2v) is 3.91. The van der Waals surface area contributed by atoms with Crippen LogP contribution in [-0.4, -0.2) is 16.4 Å². The number of benzene rings is 1. The summed E-state index contributed by atoms with van der Waals surface area (Å²) >= 11 is 0. The van der Waals surface area contributed by atoms with Gasteiger partial charge in [0.15, 0.2) is 5.82 Å². The van der Waals surface area contributed by atoms with Gasteiger partial charge in [0, 0.05) is 17.0 Å². The van der Waals surface area contributed by atoms with Crippen LogP contribution in [0.15, 0.2) is 35.6 Å². The Bertz CT molecular complexity index is 500. The van der Waals surface area contributed by atoms with Gasteiger partial charge in [-0.2, -0.15) is 10.2 Å². The normalized spacial score (nSPS) is 11.4. The van der Waals surface area contributed by atoms with Gasteiger partial charge in [0.2, 0.25) is 0 Å². The lowest BCUT2D eigenvalue weighted by Crippen LogP contribution is -1.98. The molecule has 0 radical (unpaired) electrons. The minimum absolute atomic E-state index is 0.412. The maximum Gasteiger partial charge on any atom is 0.176 e. The molecule has 0 saturated carbocycles. The molecule has 4 heteroatoms. The molecule has 1 aromatic carbocycles. The first-order valence-electron chi connectivity index (χ1n) is 5.27. The van der Waals surface area contributed by atoms with E-state index in [1.807, 2.05) is 30.5 Å². The first-order valence-corrected chi connectivity index (χ1v) is 5.27. The van der Waals surface area contributed by atoms with Crippen molar-refractivity contribution >= 4 is 22.8 Å². The fourth-order valence-electron chi connectivity index (χ4n) is 1.36. The molecule has 82 valence electrons. The van der Waals surface area contributed by atoms with Gasteiger partial charge < -0.3 is 0 Å². The van der Waals surface area contributed by atoms with Crippen molar-refractivity contribution in [1.82, 2.24) is 10.2 Å². The Hall–Kier alpha value is -1.97. The average molecular weight is 214 g/mol. The van der Waals surface area contributed by atoms with Crippen molar-refractivity contribution in [3.63, 3.8) is 0 Å². The maximum atomic E-state index is 4.11. The molecule has 0 aliphatic rings. The van der Waals surface area contributed by atoms with E-state index in [1.165, 1.54) is 0 Å². The zero-order valence-corrected chi connectivity index (χ0v) is 9.38. The third-order valence-corrected chi connectivity index (χ3v) is 2.11. The monoisotopic (exact) mass is 214 g/mol. The number of hydrogen-bond acceptors (Lipinski definition) is 4. The molecule has 0 saturated heterocycles. The minimum atomic E-state index is 0.412. The fourth-order valence-corrected chi connectivity index (χ4v) is 1.36. The molecule has 0 aliphatic carbocycles. The van der Waals surface area contributed by atoms with E-state index in [-0.39, 0.29) is 0 Å². The number of aromatic nitrogens is 2. The van der Waals surface area contributed by atoms with Gasteiger partial charge in [0.25, 0.3) is 0 Å². The van der Waals surface area contributed by atoms with Crippen LogP contribution in [0.3, 0.4) is 0 Å². The molecule has 1 aromatic heterocycles. The lowest BCUT2D eigenvalue weighted by molar-refractivity contribution is 0.902. The second-order valence-electron chi connectivity index (χ2n) is 3.91. The van der Waals surface area contributed by atoms with Gasteiger partial charge in [-0.25, -0.2) is 0 Å². The standard InChI is InChI=1S/C12H14N4/c1-9(2)7-13-15-12-11-6-4-3-5-10(11)8-14-16-12/h3-9H,1-2H3,(H,15,16)/b13-7-. The average Bonchev–Trinajstić information content (AvgIpc) is 2.29. The van der Waals surface area contributed by atoms with Gasteiger partial charge in [-0.1, -0.05) is 38.1 Å². The summed E-state index contributed by atoms with van der Waals surface area (Å²) in [6.45, 7) is 4.14. The molecule has 0 amide bonds. The van der Waals surface area contributed by atoms with Crippen molar-refractivity contribution in [1.29, 1.82) is 0 Å². The quantitative estimate of drug-likeness (QED) is 0.631. The number of anilines is 1. The molecule has 2 aromatic rings. The summed E-state index contributed by atoms with van der Waals surface area (Å²) in [4.78, 5) is 0. The molecular weight excluding hydrogens is 200 g/mol. The molecule has 0 spiro atoms. The summed E-state index contributed by atoms with van der Waals surface area (Å²) in [5, 5.41) is 14.1. The van der Waals surface area contributed by atoms with Crippen LogP contribution >= 0.6 is 0 Å². The summed E-state index contributed by atoms with van der Waals surface area (Å²) in [6.07, 6.45) is 3.58. The summed E-state index contributed by atoms with van der Waals surface area (Å²) < 4.78 is 0. The van der Waals surface area contributed by atoms with Crippen LogP contribution in [0.25, 0.3) is 10.8 Å². The summed E-state index contributed by atoms with van der Waals surface area (Å²) in [6, 6.07) is 7.95. The highest BCUT2D eigenvalue weighted by atomic mass is 15.3. The molecule has 0 bridgehead atoms. The summed E-state index contributed by atoms with van der Waals surface area (Å²) in [5.41, 5.74) is 2.91. The van der Waals surface area contributed by atoms with E-state index >= 15 is 0 Å². The zero-order chi connectivity index (χ0) is 11.4. The van der Waals surface area contributed by atoms with Crippen molar-refractivity contribution in [2.45, 2.75) is 13.8 Å². The third kappa shape index (κ3) is 2.34. The molecule has 0 unspecified atom stereocenters. The van der Waals surface area contributed by atoms with Gasteiger partial charge in [0.05, 0.1) is 6.20 Å². The Labute approximate surface area is 94.4 Å². The zero-order valence-electron chi connectivity index (χ0n) is 9.38. The second kappa shape index (κ2) is 4.70. The minimum Gasteiger partial charge on any atom is -0.260 e. The van der Waals surface area contributed by atoms with Crippen molar-refractivity contribution in [3.8, 4) is 0 Å². The molecule has 0 aliphatic heterocycles. The smallest absolute Gasteiger partial charge is 0.176 e. The molecule has 0 fully saturated rings. The highest BCUT2D eigenvalue weighted by molar-refractivity contribution is 5.90. The Morgan fingerprint density at radius 3 is 2.94 bits per heavy atom. The van der Waals surface area contributed by atoms with E-state index in [2.05, 4.69) is 34.6 Å². The van der Waals surface area contributed by atoms with E-state index in [4.69, 9.17) is 0 Å². The Balaban J connectivity index is 2.30. The van der Waals surface area contributed by atoms with E-state index in [0.717, 1.165) is 10.8 Å². The van der Waals surface area contributed by atoms with Crippen LogP contribution in [0.5, 0.6) is 0 Å². The van der Waals surface area contributed by atoms with Crippen molar-refractivity contribution in [2.24, 2.45) is 11.0 Å². The highest BCUT2D eigenvalue weighted by Crippen LogP contribution is 2.18. The molecule has 0 atom stereocenters. The third-order valence-electron chi connectivity index (χ3n) is 2.11. The van der Waals surface area contributed by atoms with Crippen molar-refractivity contribution < 1.29 is 0 Å². The number of fused-ring (bicyclic) bond motifs is 1. The van der Waals surface area contributed by atoms with Gasteiger partial charge in [-0.3, -0.25) is 5.43 Å². The molecule has 16 heavy (non-hydrogen) atoms. The molecular formula is C12H14N4. The largest absolute Gasteiger partial charge is 0.260 e. The van der Waals surface area contributed by atoms with Gasteiger partial charge in [0.1, 0.15) is 0 Å². The van der Waals surface area contributed by atoms with E-state index in [9.17, 15) is 0 Å². The van der Waals surface area contributed by atoms with Gasteiger partial charge >= 0.3 is 0 Å². The SMILES string of the molecule is CC(C)/C=N\Nc1nncc2ccccc12. The maximum absolute atomic E-state index is 4.11. The van der Waals surface area contributed by atoms with Crippen LogP contribution in [0, 0.1) is 5.92 Å². The van der Waals surface area contributed by atoms with E-state index in [1.54, 1.807) is 6.20 Å². The predicted octanol–water partition coefficient (Wildman–Crippen LogP) is 2.68. The first kappa shape index (κ1) is 10.5. The van der Waals surface area contributed by atoms with Crippen LogP contribution in [-0.2, 0) is 0 Å². The van der Waals surface area contributed by atoms with Crippen LogP contribution < -0.4 is 5.43 Å². The molecule has 1 N–H and O–H groups in total. The van der Waals surface area contributed by atoms with Crippen LogP contribution in [0.2, 0.25) is 0 Å². The number of hydrogen-bond donors (Lipinski definition) is 1. The molecule has 1 heterocycles. The Morgan fingerprint density at radius 1 is 1.31 bits per heavy atom. The first-order chi connectivity index (χ1) is 7.77. The predicted molar refractivity (Wildman–Crippen MR) is 66.5 cm³/mol. The number of hydrazone groups is 1. The lowest BCUT2D eigenvalue weighted by Gasteiger charge is -2.03. The fraction of sp³-hybridized carbons (Fsp3) is 0.250. The van der Waals surface area contributed by atoms with Crippen LogP contribution in [0.4, 0.5) is 5.82 Å². The Kier molecular flexibility index (Phi) is 3.10. The number of nitrogens with one attached hydrogen (secondary N) is 1. The van der Waals surface area contributed by atoms with Gasteiger partial charge in [-0.15, -0.1) is 5.10 Å². The summed E-state index contributed by atoms with van der Waals surface area (Å²) in [7, 11) is 0. The topological polar surface area (TPSA) is 50.2 Å². The van der Waals surface area contributed by atoms with Crippen molar-refractivity contribution in [3.05, 3.63) is 30.5 Å². The number of rotatable bonds is 3. The Morgan fingerprint density at radius 2 is 2.12 bits per heavy atom. The van der Waals surface area contributed by atoms with Gasteiger partial charge in [-0.05, 0) is 5.92 Å². The van der Waals surface area contributed by atoms with Crippen LogP contribution in [0.1, 0.15) is 13.8 Å². The van der Waals surface area contributed by atoms with E-state index < -0.39 is 0 Å².